The maximum Gasteiger partial charge on any atom is 0.416 e. The average molecular weight is 636 g/mol. The number of carbonyl (C=O) groups excluding carboxylic acids is 1. The van der Waals surface area contributed by atoms with Gasteiger partial charge in [0.2, 0.25) is 5.91 Å². The second-order valence-corrected chi connectivity index (χ2v) is 10.1. The van der Waals surface area contributed by atoms with E-state index >= 15 is 0 Å². The van der Waals surface area contributed by atoms with E-state index in [2.05, 4.69) is 0 Å². The normalized spacial score (nSPS) is 12.7. The lowest BCUT2D eigenvalue weighted by Gasteiger charge is -2.31. The van der Waals surface area contributed by atoms with E-state index < -0.39 is 53.0 Å². The van der Waals surface area contributed by atoms with Crippen LogP contribution in [0, 0.1) is 0 Å². The summed E-state index contributed by atoms with van der Waals surface area (Å²) in [6.45, 7) is 5.79. The third-order valence-corrected chi connectivity index (χ3v) is 7.05. The molecule has 1 atom stereocenters. The van der Waals surface area contributed by atoms with E-state index in [0.29, 0.717) is 47.7 Å². The molecule has 0 saturated carbocycles. The van der Waals surface area contributed by atoms with Gasteiger partial charge in [0.25, 0.3) is 5.56 Å². The zero-order valence-corrected chi connectivity index (χ0v) is 24.7. The van der Waals surface area contributed by atoms with Crippen molar-refractivity contribution in [1.82, 2.24) is 14.5 Å². The Kier molecular flexibility index (Phi) is 10.2. The smallest absolute Gasteiger partial charge is 0.416 e. The van der Waals surface area contributed by atoms with Crippen molar-refractivity contribution in [2.24, 2.45) is 0 Å². The molecule has 3 aromatic carbocycles. The molecule has 240 valence electrons. The topological polar surface area (TPSA) is 73.7 Å². The first kappa shape index (κ1) is 33.5. The Hall–Kier alpha value is -4.39. The third kappa shape index (κ3) is 7.83. The quantitative estimate of drug-likeness (QED) is 0.131. The van der Waals surface area contributed by atoms with Crippen LogP contribution in [0.15, 0.2) is 71.5 Å². The number of alkyl halides is 6. The van der Waals surface area contributed by atoms with E-state index in [1.807, 2.05) is 6.92 Å². The Morgan fingerprint density at radius 3 is 2.11 bits per heavy atom. The molecule has 4 rings (SSSR count). The minimum atomic E-state index is -5.07. The molecule has 0 aliphatic carbocycles. The molecule has 4 aromatic rings. The number of ether oxygens (including phenoxy) is 2. The first-order valence-electron chi connectivity index (χ1n) is 14.1. The molecule has 45 heavy (non-hydrogen) atoms. The molecule has 1 amide bonds. The van der Waals surface area contributed by atoms with Crippen LogP contribution in [0.1, 0.15) is 49.3 Å². The van der Waals surface area contributed by atoms with Crippen molar-refractivity contribution >= 4 is 16.8 Å². The summed E-state index contributed by atoms with van der Waals surface area (Å²) in [6, 6.07) is 13.3. The second-order valence-electron chi connectivity index (χ2n) is 10.1. The number of aromatic nitrogens is 2. The highest BCUT2D eigenvalue weighted by molar-refractivity contribution is 5.80. The number of rotatable bonds is 11. The summed E-state index contributed by atoms with van der Waals surface area (Å²) in [6.07, 6.45) is -10.9. The van der Waals surface area contributed by atoms with Crippen LogP contribution >= 0.6 is 0 Å². The molecule has 0 radical (unpaired) electrons. The predicted molar refractivity (Wildman–Crippen MR) is 155 cm³/mol. The van der Waals surface area contributed by atoms with Crippen molar-refractivity contribution in [1.29, 1.82) is 0 Å². The van der Waals surface area contributed by atoms with Crippen LogP contribution in [0.3, 0.4) is 0 Å². The highest BCUT2D eigenvalue weighted by Crippen LogP contribution is 2.36. The van der Waals surface area contributed by atoms with E-state index in [-0.39, 0.29) is 25.0 Å². The Bertz CT molecular complexity index is 1670. The molecule has 1 aromatic heterocycles. The molecule has 0 saturated heterocycles. The lowest BCUT2D eigenvalue weighted by atomic mass is 10.0. The maximum atomic E-state index is 13.8. The van der Waals surface area contributed by atoms with Crippen molar-refractivity contribution in [3.05, 3.63) is 99.6 Å². The van der Waals surface area contributed by atoms with Crippen LogP contribution in [0.4, 0.5) is 26.3 Å². The number of nitrogens with zero attached hydrogens (tertiary/aromatic N) is 3. The fourth-order valence-corrected chi connectivity index (χ4v) is 4.92. The first-order chi connectivity index (χ1) is 21.2. The molecule has 0 fully saturated rings. The fourth-order valence-electron chi connectivity index (χ4n) is 4.92. The van der Waals surface area contributed by atoms with Gasteiger partial charge in [-0.25, -0.2) is 4.98 Å². The van der Waals surface area contributed by atoms with E-state index in [1.165, 1.54) is 9.47 Å². The third-order valence-electron chi connectivity index (χ3n) is 7.05. The lowest BCUT2D eigenvalue weighted by Crippen LogP contribution is -2.40. The molecule has 0 aliphatic rings. The minimum Gasteiger partial charge on any atom is -0.494 e. The Labute approximate surface area is 255 Å². The minimum absolute atomic E-state index is 0.0119. The van der Waals surface area contributed by atoms with Crippen molar-refractivity contribution in [3.63, 3.8) is 0 Å². The molecule has 7 nitrogen and oxygen atoms in total. The van der Waals surface area contributed by atoms with E-state index in [1.54, 1.807) is 62.4 Å². The molecular weight excluding hydrogens is 604 g/mol. The molecule has 1 heterocycles. The predicted octanol–water partition coefficient (Wildman–Crippen LogP) is 6.99. The Morgan fingerprint density at radius 2 is 1.53 bits per heavy atom. The highest BCUT2D eigenvalue weighted by atomic mass is 19.4. The van der Waals surface area contributed by atoms with Gasteiger partial charge in [0.1, 0.15) is 11.6 Å². The largest absolute Gasteiger partial charge is 0.494 e. The zero-order valence-electron chi connectivity index (χ0n) is 24.7. The number of carbonyl (C=O) groups is 1. The van der Waals surface area contributed by atoms with Crippen LogP contribution in [-0.2, 0) is 28.3 Å². The summed E-state index contributed by atoms with van der Waals surface area (Å²) in [7, 11) is 0. The van der Waals surface area contributed by atoms with Crippen LogP contribution in [0.2, 0.25) is 0 Å². The maximum absolute atomic E-state index is 13.8. The number of halogens is 6. The number of para-hydroxylation sites is 1. The van der Waals surface area contributed by atoms with Gasteiger partial charge in [-0.15, -0.1) is 0 Å². The van der Waals surface area contributed by atoms with E-state index in [0.717, 1.165) is 0 Å². The Morgan fingerprint density at radius 1 is 0.911 bits per heavy atom. The van der Waals surface area contributed by atoms with Gasteiger partial charge in [-0.2, -0.15) is 26.3 Å². The summed E-state index contributed by atoms with van der Waals surface area (Å²) in [5.74, 6) is -0.0893. The second kappa shape index (κ2) is 13.7. The van der Waals surface area contributed by atoms with Crippen molar-refractivity contribution in [2.45, 2.75) is 45.6 Å². The van der Waals surface area contributed by atoms with Gasteiger partial charge in [-0.05, 0) is 80.9 Å². The SMILES string of the molecule is CCOCCN(C(=O)Cc1cc(C(F)(F)F)cc(C(F)(F)F)c1)[C@H](C)c1nc2ccccc2c(=O)n1-c1ccc(OCC)cc1. The Balaban J connectivity index is 1.82. The lowest BCUT2D eigenvalue weighted by molar-refractivity contribution is -0.143. The molecule has 13 heteroatoms. The highest BCUT2D eigenvalue weighted by Gasteiger charge is 2.37. The van der Waals surface area contributed by atoms with Crippen LogP contribution in [0.5, 0.6) is 5.75 Å². The van der Waals surface area contributed by atoms with Gasteiger partial charge in [-0.1, -0.05) is 12.1 Å². The summed E-state index contributed by atoms with van der Waals surface area (Å²) in [4.78, 5) is 33.5. The van der Waals surface area contributed by atoms with E-state index in [9.17, 15) is 35.9 Å². The molecule has 0 bridgehead atoms. The number of fused-ring (bicyclic) bond motifs is 1. The number of hydrogen-bond acceptors (Lipinski definition) is 5. The van der Waals surface area contributed by atoms with Crippen molar-refractivity contribution in [3.8, 4) is 11.4 Å². The van der Waals surface area contributed by atoms with Crippen LogP contribution < -0.4 is 10.3 Å². The van der Waals surface area contributed by atoms with Crippen LogP contribution in [0.25, 0.3) is 16.6 Å². The number of amides is 1. The molecular formula is C32H31F6N3O4. The van der Waals surface area contributed by atoms with Crippen molar-refractivity contribution < 1.29 is 40.6 Å². The van der Waals surface area contributed by atoms with Gasteiger partial charge < -0.3 is 14.4 Å². The van der Waals surface area contributed by atoms with Gasteiger partial charge >= 0.3 is 12.4 Å². The fraction of sp³-hybridized carbons (Fsp3) is 0.344. The van der Waals surface area contributed by atoms with Gasteiger partial charge in [0, 0.05) is 13.2 Å². The number of hydrogen-bond donors (Lipinski definition) is 0. The molecule has 0 N–H and O–H groups in total. The number of benzene rings is 3. The summed E-state index contributed by atoms with van der Waals surface area (Å²) in [5.41, 5.74) is -3.18. The van der Waals surface area contributed by atoms with Gasteiger partial charge in [-0.3, -0.25) is 14.2 Å². The first-order valence-corrected chi connectivity index (χ1v) is 14.1. The molecule has 0 unspecified atom stereocenters. The van der Waals surface area contributed by atoms with Crippen LogP contribution in [-0.4, -0.2) is 46.7 Å². The van der Waals surface area contributed by atoms with Gasteiger partial charge in [0.05, 0.1) is 53.4 Å². The van der Waals surface area contributed by atoms with Crippen molar-refractivity contribution in [2.75, 3.05) is 26.4 Å². The van der Waals surface area contributed by atoms with E-state index in [4.69, 9.17) is 14.5 Å². The summed E-state index contributed by atoms with van der Waals surface area (Å²) < 4.78 is 93.3. The monoisotopic (exact) mass is 635 g/mol. The zero-order chi connectivity index (χ0) is 32.9. The van der Waals surface area contributed by atoms with Gasteiger partial charge in [0.15, 0.2) is 0 Å². The molecule has 0 aliphatic heterocycles. The molecule has 0 spiro atoms. The average Bonchev–Trinajstić information content (AvgIpc) is 2.98. The summed E-state index contributed by atoms with van der Waals surface area (Å²) in [5, 5.41) is 0.304. The standard InChI is InChI=1S/C32H31F6N3O4/c1-4-44-15-14-40(28(42)18-21-16-22(31(33,34)35)19-23(17-21)32(36,37)38)20(3)29-39-27-9-7-6-8-26(27)30(43)41(29)24-10-12-25(13-11-24)45-5-2/h6-13,16-17,19-20H,4-5,14-15,18H2,1-3H3/t20-/m1/s1. The summed E-state index contributed by atoms with van der Waals surface area (Å²) >= 11 is 0.